The molecule has 0 unspecified atom stereocenters. The van der Waals surface area contributed by atoms with E-state index in [1.54, 1.807) is 37.7 Å². The number of ether oxygens (including phenoxy) is 1. The molecule has 2 aromatic heterocycles. The van der Waals surface area contributed by atoms with Crippen LogP contribution in [0.2, 0.25) is 0 Å². The van der Waals surface area contributed by atoms with E-state index in [1.807, 2.05) is 51.1 Å². The number of thiazole rings is 2. The van der Waals surface area contributed by atoms with Crippen LogP contribution in [0, 0.1) is 22.7 Å². The SMILES string of the molecule is CCn1c(=C(C#N)C(=O)NC(C)(C)CO)sc(=CNc2cccc(CCN3CCCC3)c2)c1=O.CCn1c(=C(C#N)C2=NC(C)(C)CO2)sc(=CNc2cccc(CCN3CCCC3)c2)c1=O. The van der Waals surface area contributed by atoms with Gasteiger partial charge in [-0.1, -0.05) is 24.3 Å². The van der Waals surface area contributed by atoms with Crippen molar-refractivity contribution in [3.63, 3.8) is 0 Å². The van der Waals surface area contributed by atoms with Crippen LogP contribution < -0.4 is 45.5 Å². The van der Waals surface area contributed by atoms with Crippen LogP contribution in [-0.4, -0.2) is 99.4 Å². The average Bonchev–Trinajstić information content (AvgIpc) is 4.18. The molecule has 67 heavy (non-hydrogen) atoms. The maximum atomic E-state index is 13.0. The molecule has 15 nitrogen and oxygen atoms in total. The van der Waals surface area contributed by atoms with E-state index in [1.165, 1.54) is 78.9 Å². The molecule has 0 bridgehead atoms. The smallest absolute Gasteiger partial charge is 0.270 e. The zero-order chi connectivity index (χ0) is 48.1. The Morgan fingerprint density at radius 1 is 0.821 bits per heavy atom. The number of nitrogens with one attached hydrogen (secondary N) is 3. The fraction of sp³-hybridized carbons (Fsp3) is 0.480. The third-order valence-corrected chi connectivity index (χ3v) is 14.0. The van der Waals surface area contributed by atoms with Crippen LogP contribution in [0.3, 0.4) is 0 Å². The summed E-state index contributed by atoms with van der Waals surface area (Å²) in [6.07, 6.45) is 10.5. The van der Waals surface area contributed by atoms with E-state index in [0.717, 1.165) is 48.6 Å². The number of carbonyl (C=O) groups is 1. The zero-order valence-electron chi connectivity index (χ0n) is 39.6. The minimum absolute atomic E-state index is 0.124. The van der Waals surface area contributed by atoms with Crippen molar-refractivity contribution in [3.05, 3.63) is 98.8 Å². The van der Waals surface area contributed by atoms with Crippen molar-refractivity contribution in [2.24, 2.45) is 4.99 Å². The van der Waals surface area contributed by atoms with Gasteiger partial charge in [0.15, 0.2) is 5.57 Å². The monoisotopic (exact) mass is 948 g/mol. The summed E-state index contributed by atoms with van der Waals surface area (Å²) >= 11 is 2.38. The van der Waals surface area contributed by atoms with Gasteiger partial charge in [0, 0.05) is 50.0 Å². The molecule has 7 rings (SSSR count). The predicted molar refractivity (Wildman–Crippen MR) is 270 cm³/mol. The Kier molecular flexibility index (Phi) is 17.6. The lowest BCUT2D eigenvalue weighted by Crippen LogP contribution is -2.47. The van der Waals surface area contributed by atoms with E-state index in [9.17, 15) is 30.0 Å². The average molecular weight is 949 g/mol. The van der Waals surface area contributed by atoms with Gasteiger partial charge >= 0.3 is 0 Å². The second-order valence-corrected chi connectivity index (χ2v) is 20.3. The van der Waals surface area contributed by atoms with Gasteiger partial charge < -0.3 is 35.6 Å². The standard InChI is InChI=1S/C25H33N5O3S.C25H31N5O2S/c1-4-30-23(33)21(34-24(30)20(15-26)22(32)28-25(2,3)17-31)16-27-19-9-7-8-18(14-19)10-13-29-11-5-6-12-29;1-4-30-23(31)21(33-24(30)20(15-26)22-28-25(2,3)17-32-22)16-27-19-9-7-8-18(14-19)10-13-29-11-5-6-12-29/h7-9,14,16,27,31H,4-6,10-13,17H2,1-3H3,(H,28,32);7-9,14,16,27H,4-6,10-13,17H2,1-3H3. The number of amides is 1. The molecule has 4 aromatic rings. The summed E-state index contributed by atoms with van der Waals surface area (Å²) in [5, 5.41) is 38.0. The summed E-state index contributed by atoms with van der Waals surface area (Å²) in [6.45, 7) is 18.7. The topological polar surface area (TPSA) is 193 Å². The van der Waals surface area contributed by atoms with Gasteiger partial charge in [-0.05, 0) is 142 Å². The number of nitriles is 2. The Hall–Kier alpha value is -5.82. The van der Waals surface area contributed by atoms with Crippen molar-refractivity contribution in [1.29, 1.82) is 10.5 Å². The molecule has 5 heterocycles. The molecular formula is C50H64N10O5S2. The fourth-order valence-corrected chi connectivity index (χ4v) is 10.2. The molecule has 2 saturated heterocycles. The van der Waals surface area contributed by atoms with Crippen LogP contribution in [0.25, 0.3) is 23.5 Å². The second-order valence-electron chi connectivity index (χ2n) is 18.2. The Bertz CT molecular complexity index is 2880. The highest BCUT2D eigenvalue weighted by atomic mass is 32.1. The molecule has 4 N–H and O–H groups in total. The second kappa shape index (κ2) is 23.3. The molecule has 0 aliphatic carbocycles. The number of aliphatic hydroxyl groups excluding tert-OH is 1. The molecule has 0 saturated carbocycles. The lowest BCUT2D eigenvalue weighted by atomic mass is 10.1. The number of aliphatic imine (C=N–C) groups is 1. The molecule has 0 radical (unpaired) electrons. The van der Waals surface area contributed by atoms with Gasteiger partial charge in [0.05, 0.1) is 17.7 Å². The van der Waals surface area contributed by atoms with Crippen LogP contribution in [0.15, 0.2) is 63.1 Å². The van der Waals surface area contributed by atoms with Crippen molar-refractivity contribution >= 4 is 69.4 Å². The van der Waals surface area contributed by atoms with E-state index in [0.29, 0.717) is 49.6 Å². The number of nitrogens with zero attached hydrogens (tertiary/aromatic N) is 7. The van der Waals surface area contributed by atoms with Crippen LogP contribution >= 0.6 is 22.7 Å². The van der Waals surface area contributed by atoms with Crippen molar-refractivity contribution in [3.8, 4) is 12.1 Å². The lowest BCUT2D eigenvalue weighted by molar-refractivity contribution is -0.117. The number of anilines is 2. The number of benzene rings is 2. The minimum atomic E-state index is -0.885. The highest BCUT2D eigenvalue weighted by Gasteiger charge is 2.30. The highest BCUT2D eigenvalue weighted by Crippen LogP contribution is 2.20. The number of carbonyl (C=O) groups excluding carboxylic acids is 1. The van der Waals surface area contributed by atoms with Gasteiger partial charge in [-0.2, -0.15) is 10.5 Å². The molecule has 17 heteroatoms. The van der Waals surface area contributed by atoms with Gasteiger partial charge in [-0.25, -0.2) is 4.99 Å². The first kappa shape index (κ1) is 50.6. The van der Waals surface area contributed by atoms with E-state index >= 15 is 0 Å². The highest BCUT2D eigenvalue weighted by molar-refractivity contribution is 7.08. The van der Waals surface area contributed by atoms with Crippen molar-refractivity contribution in [2.75, 3.05) is 63.1 Å². The summed E-state index contributed by atoms with van der Waals surface area (Å²) in [7, 11) is 0. The third-order valence-electron chi connectivity index (χ3n) is 11.8. The number of hydrogen-bond acceptors (Lipinski definition) is 14. The molecular weight excluding hydrogens is 885 g/mol. The third kappa shape index (κ3) is 13.4. The van der Waals surface area contributed by atoms with E-state index in [-0.39, 0.29) is 28.8 Å². The first-order chi connectivity index (χ1) is 32.2. The van der Waals surface area contributed by atoms with Crippen molar-refractivity contribution < 1.29 is 14.6 Å². The van der Waals surface area contributed by atoms with E-state index in [4.69, 9.17) is 4.74 Å². The maximum absolute atomic E-state index is 13.0. The predicted octanol–water partition coefficient (Wildman–Crippen LogP) is 3.28. The summed E-state index contributed by atoms with van der Waals surface area (Å²) < 4.78 is 10.5. The van der Waals surface area contributed by atoms with Crippen LogP contribution in [-0.2, 0) is 35.5 Å². The lowest BCUT2D eigenvalue weighted by Gasteiger charge is -2.22. The quantitative estimate of drug-likeness (QED) is 0.129. The summed E-state index contributed by atoms with van der Waals surface area (Å²) in [5.74, 6) is -0.300. The van der Waals surface area contributed by atoms with Crippen molar-refractivity contribution in [1.82, 2.24) is 24.3 Å². The summed E-state index contributed by atoms with van der Waals surface area (Å²) in [5.41, 5.74) is 2.85. The van der Waals surface area contributed by atoms with Crippen LogP contribution in [0.5, 0.6) is 0 Å². The van der Waals surface area contributed by atoms with E-state index in [2.05, 4.69) is 61.1 Å². The Labute approximate surface area is 400 Å². The number of rotatable bonds is 16. The van der Waals surface area contributed by atoms with Gasteiger partial charge in [-0.15, -0.1) is 22.7 Å². The molecule has 1 amide bonds. The molecule has 0 spiro atoms. The summed E-state index contributed by atoms with van der Waals surface area (Å²) in [6, 6.07) is 20.6. The number of aromatic nitrogens is 2. The Morgan fingerprint density at radius 2 is 1.31 bits per heavy atom. The molecule has 3 aliphatic rings. The van der Waals surface area contributed by atoms with Gasteiger partial charge in [-0.3, -0.25) is 23.5 Å². The first-order valence-corrected chi connectivity index (χ1v) is 24.8. The fourth-order valence-electron chi connectivity index (χ4n) is 8.01. The summed E-state index contributed by atoms with van der Waals surface area (Å²) in [4.78, 5) is 48.2. The number of hydrogen-bond donors (Lipinski definition) is 4. The molecule has 3 aliphatic heterocycles. The zero-order valence-corrected chi connectivity index (χ0v) is 41.2. The number of aliphatic hydroxyl groups is 1. The van der Waals surface area contributed by atoms with Gasteiger partial charge in [0.1, 0.15) is 42.7 Å². The molecule has 0 atom stereocenters. The number of likely N-dealkylation sites (tertiary alicyclic amines) is 2. The maximum Gasteiger partial charge on any atom is 0.270 e. The normalized spacial score (nSPS) is 17.5. The molecule has 2 aromatic carbocycles. The Morgan fingerprint density at radius 3 is 1.75 bits per heavy atom. The Balaban J connectivity index is 0.000000221. The van der Waals surface area contributed by atoms with Gasteiger partial charge in [0.2, 0.25) is 5.90 Å². The van der Waals surface area contributed by atoms with E-state index < -0.39 is 11.4 Å². The molecule has 2 fully saturated rings. The largest absolute Gasteiger partial charge is 0.474 e. The first-order valence-electron chi connectivity index (χ1n) is 23.2. The minimum Gasteiger partial charge on any atom is -0.474 e. The van der Waals surface area contributed by atoms with Crippen molar-refractivity contribution in [2.45, 2.75) is 104 Å². The van der Waals surface area contributed by atoms with Crippen LogP contribution in [0.1, 0.15) is 78.4 Å². The van der Waals surface area contributed by atoms with Gasteiger partial charge in [0.25, 0.3) is 17.0 Å². The molecule has 356 valence electrons. The van der Waals surface area contributed by atoms with Crippen LogP contribution in [0.4, 0.5) is 11.4 Å².